The second-order valence-corrected chi connectivity index (χ2v) is 6.54. The first kappa shape index (κ1) is 14.4. The normalized spacial score (nSPS) is 18.7. The van der Waals surface area contributed by atoms with E-state index < -0.39 is 15.8 Å². The molecular weight excluding hydrogens is 271 g/mol. The topological polar surface area (TPSA) is 60.9 Å². The quantitative estimate of drug-likeness (QED) is 0.866. The number of halogens is 1. The Bertz CT molecular complexity index is 554. The molecule has 0 radical (unpaired) electrons. The highest BCUT2D eigenvalue weighted by Crippen LogP contribution is 2.21. The van der Waals surface area contributed by atoms with E-state index in [4.69, 9.17) is 5.11 Å². The number of hydrogen-bond acceptors (Lipinski definition) is 4. The van der Waals surface area contributed by atoms with Crippen LogP contribution in [0, 0.1) is 5.82 Å². The maximum absolute atomic E-state index is 13.8. The van der Waals surface area contributed by atoms with Gasteiger partial charge in [0.25, 0.3) is 0 Å². The first-order valence-corrected chi connectivity index (χ1v) is 7.47. The molecule has 0 atom stereocenters. The van der Waals surface area contributed by atoms with E-state index in [-0.39, 0.29) is 11.5 Å². The third kappa shape index (κ3) is 2.94. The van der Waals surface area contributed by atoms with Crippen LogP contribution in [0.2, 0.25) is 0 Å². The van der Waals surface area contributed by atoms with Gasteiger partial charge in [-0.05, 0) is 24.7 Å². The van der Waals surface area contributed by atoms with Crippen molar-refractivity contribution >= 4 is 10.0 Å². The minimum Gasteiger partial charge on any atom is -0.392 e. The fraction of sp³-hybridized carbons (Fsp3) is 0.500. The summed E-state index contributed by atoms with van der Waals surface area (Å²) in [5, 5.41) is 8.90. The van der Waals surface area contributed by atoms with Crippen LogP contribution in [0.3, 0.4) is 0 Å². The van der Waals surface area contributed by atoms with Crippen molar-refractivity contribution in [1.29, 1.82) is 0 Å². The highest BCUT2D eigenvalue weighted by molar-refractivity contribution is 7.89. The molecule has 1 aromatic rings. The molecule has 0 bridgehead atoms. The molecule has 0 amide bonds. The van der Waals surface area contributed by atoms with E-state index in [0.717, 1.165) is 6.07 Å². The van der Waals surface area contributed by atoms with Crippen molar-refractivity contribution in [2.45, 2.75) is 11.5 Å². The Labute approximate surface area is 112 Å². The maximum atomic E-state index is 13.8. The maximum Gasteiger partial charge on any atom is 0.246 e. The molecule has 0 saturated carbocycles. The zero-order chi connectivity index (χ0) is 14.0. The Hall–Kier alpha value is -1.02. The van der Waals surface area contributed by atoms with Gasteiger partial charge in [0.2, 0.25) is 10.0 Å². The molecule has 1 fully saturated rings. The van der Waals surface area contributed by atoms with E-state index in [0.29, 0.717) is 31.7 Å². The molecule has 1 saturated heterocycles. The number of hydrogen-bond donors (Lipinski definition) is 1. The summed E-state index contributed by atoms with van der Waals surface area (Å²) >= 11 is 0. The van der Waals surface area contributed by atoms with Crippen LogP contribution in [0.15, 0.2) is 23.1 Å². The highest BCUT2D eigenvalue weighted by Gasteiger charge is 2.29. The SMILES string of the molecule is CN1CCN(S(=O)(=O)c2ccc(CO)cc2F)CC1. The Morgan fingerprint density at radius 1 is 1.26 bits per heavy atom. The number of benzene rings is 1. The summed E-state index contributed by atoms with van der Waals surface area (Å²) in [7, 11) is -1.87. The van der Waals surface area contributed by atoms with Crippen LogP contribution in [0.5, 0.6) is 0 Å². The Morgan fingerprint density at radius 2 is 1.89 bits per heavy atom. The van der Waals surface area contributed by atoms with Gasteiger partial charge in [-0.3, -0.25) is 0 Å². The third-order valence-corrected chi connectivity index (χ3v) is 5.19. The summed E-state index contributed by atoms with van der Waals surface area (Å²) in [6.45, 7) is 1.68. The molecule has 1 aliphatic heterocycles. The third-order valence-electron chi connectivity index (χ3n) is 3.26. The van der Waals surface area contributed by atoms with Gasteiger partial charge in [0, 0.05) is 26.2 Å². The molecule has 0 unspecified atom stereocenters. The summed E-state index contributed by atoms with van der Waals surface area (Å²) in [5.74, 6) is -0.814. The smallest absolute Gasteiger partial charge is 0.246 e. The van der Waals surface area contributed by atoms with Gasteiger partial charge in [-0.2, -0.15) is 4.31 Å². The second kappa shape index (κ2) is 5.54. The molecule has 106 valence electrons. The van der Waals surface area contributed by atoms with Gasteiger partial charge in [-0.15, -0.1) is 0 Å². The lowest BCUT2D eigenvalue weighted by Gasteiger charge is -2.31. The van der Waals surface area contributed by atoms with Crippen LogP contribution in [0.1, 0.15) is 5.56 Å². The number of sulfonamides is 1. The van der Waals surface area contributed by atoms with Crippen LogP contribution in [-0.4, -0.2) is 56.0 Å². The van der Waals surface area contributed by atoms with Crippen molar-refractivity contribution in [2.75, 3.05) is 33.2 Å². The molecule has 0 aliphatic carbocycles. The molecule has 19 heavy (non-hydrogen) atoms. The fourth-order valence-electron chi connectivity index (χ4n) is 2.02. The van der Waals surface area contributed by atoms with Crippen LogP contribution in [0.4, 0.5) is 4.39 Å². The van der Waals surface area contributed by atoms with Crippen molar-refractivity contribution in [3.63, 3.8) is 0 Å². The van der Waals surface area contributed by atoms with Crippen LogP contribution in [-0.2, 0) is 16.6 Å². The standard InChI is InChI=1S/C12H17FN2O3S/c1-14-4-6-15(7-5-14)19(17,18)12-3-2-10(9-16)8-11(12)13/h2-3,8,16H,4-7,9H2,1H3. The minimum absolute atomic E-state index is 0.314. The number of nitrogens with zero attached hydrogens (tertiary/aromatic N) is 2. The number of likely N-dealkylation sites (N-methyl/N-ethyl adjacent to an activating group) is 1. The second-order valence-electron chi connectivity index (χ2n) is 4.63. The molecule has 1 heterocycles. The number of aliphatic hydroxyl groups is 1. The van der Waals surface area contributed by atoms with Gasteiger partial charge in [0.15, 0.2) is 0 Å². The molecule has 0 spiro atoms. The molecular formula is C12H17FN2O3S. The predicted octanol–water partition coefficient (Wildman–Crippen LogP) is 0.254. The summed E-state index contributed by atoms with van der Waals surface area (Å²) in [6, 6.07) is 3.70. The van der Waals surface area contributed by atoms with Crippen LogP contribution >= 0.6 is 0 Å². The number of rotatable bonds is 3. The summed E-state index contributed by atoms with van der Waals surface area (Å²) in [4.78, 5) is 1.70. The van der Waals surface area contributed by atoms with Crippen molar-refractivity contribution in [3.8, 4) is 0 Å². The van der Waals surface area contributed by atoms with Gasteiger partial charge in [-0.25, -0.2) is 12.8 Å². The minimum atomic E-state index is -3.79. The average Bonchev–Trinajstić information content (AvgIpc) is 2.38. The molecule has 5 nitrogen and oxygen atoms in total. The van der Waals surface area contributed by atoms with Gasteiger partial charge in [0.05, 0.1) is 6.61 Å². The van der Waals surface area contributed by atoms with Gasteiger partial charge in [-0.1, -0.05) is 6.07 Å². The predicted molar refractivity (Wildman–Crippen MR) is 68.6 cm³/mol. The van der Waals surface area contributed by atoms with E-state index in [2.05, 4.69) is 0 Å². The molecule has 2 rings (SSSR count). The van der Waals surface area contributed by atoms with Crippen molar-refractivity contribution < 1.29 is 17.9 Å². The van der Waals surface area contributed by atoms with E-state index in [1.54, 1.807) is 0 Å². The van der Waals surface area contributed by atoms with E-state index in [1.165, 1.54) is 16.4 Å². The Balaban J connectivity index is 2.29. The monoisotopic (exact) mass is 288 g/mol. The Kier molecular flexibility index (Phi) is 4.19. The van der Waals surface area contributed by atoms with Gasteiger partial charge in [0.1, 0.15) is 10.7 Å². The van der Waals surface area contributed by atoms with Gasteiger partial charge < -0.3 is 10.0 Å². The lowest BCUT2D eigenvalue weighted by Crippen LogP contribution is -2.47. The lowest BCUT2D eigenvalue weighted by molar-refractivity contribution is 0.222. The molecule has 7 heteroatoms. The highest BCUT2D eigenvalue weighted by atomic mass is 32.2. The zero-order valence-corrected chi connectivity index (χ0v) is 11.5. The largest absolute Gasteiger partial charge is 0.392 e. The average molecular weight is 288 g/mol. The van der Waals surface area contributed by atoms with E-state index >= 15 is 0 Å². The fourth-order valence-corrected chi connectivity index (χ4v) is 3.49. The summed E-state index contributed by atoms with van der Waals surface area (Å²) in [6.07, 6.45) is 0. The lowest BCUT2D eigenvalue weighted by atomic mass is 10.2. The first-order chi connectivity index (χ1) is 8.95. The van der Waals surface area contributed by atoms with Crippen molar-refractivity contribution in [1.82, 2.24) is 9.21 Å². The van der Waals surface area contributed by atoms with E-state index in [1.807, 2.05) is 11.9 Å². The molecule has 1 aliphatic rings. The zero-order valence-electron chi connectivity index (χ0n) is 10.7. The molecule has 1 aromatic carbocycles. The summed E-state index contributed by atoms with van der Waals surface area (Å²) < 4.78 is 39.8. The van der Waals surface area contributed by atoms with Crippen molar-refractivity contribution in [3.05, 3.63) is 29.6 Å². The number of piperazine rings is 1. The number of aliphatic hydroxyl groups excluding tert-OH is 1. The molecule has 1 N–H and O–H groups in total. The summed E-state index contributed by atoms with van der Waals surface area (Å²) in [5.41, 5.74) is 0.356. The Morgan fingerprint density at radius 3 is 2.42 bits per heavy atom. The molecule has 0 aromatic heterocycles. The van der Waals surface area contributed by atoms with Gasteiger partial charge >= 0.3 is 0 Å². The van der Waals surface area contributed by atoms with Crippen LogP contribution in [0.25, 0.3) is 0 Å². The van der Waals surface area contributed by atoms with Crippen LogP contribution < -0.4 is 0 Å². The van der Waals surface area contributed by atoms with Crippen molar-refractivity contribution in [2.24, 2.45) is 0 Å². The first-order valence-electron chi connectivity index (χ1n) is 6.03. The van der Waals surface area contributed by atoms with E-state index in [9.17, 15) is 12.8 Å².